The fraction of sp³-hybridized carbons (Fsp3) is 0.200. The number of amides is 2. The first-order valence-electron chi connectivity index (χ1n) is 10.1. The van der Waals surface area contributed by atoms with Gasteiger partial charge in [0.1, 0.15) is 11.4 Å². The van der Waals surface area contributed by atoms with Gasteiger partial charge in [0.25, 0.3) is 11.8 Å². The zero-order chi connectivity index (χ0) is 22.1. The average Bonchev–Trinajstić information content (AvgIpc) is 3.30. The molecule has 0 atom stereocenters. The van der Waals surface area contributed by atoms with Crippen LogP contribution in [0.3, 0.4) is 0 Å². The molecule has 2 N–H and O–H groups in total. The number of aryl methyl sites for hydroxylation is 2. The summed E-state index contributed by atoms with van der Waals surface area (Å²) in [6, 6.07) is 18.9. The molecule has 5 nitrogen and oxygen atoms in total. The van der Waals surface area contributed by atoms with Crippen molar-refractivity contribution in [2.24, 2.45) is 0 Å². The van der Waals surface area contributed by atoms with E-state index in [1.165, 1.54) is 22.5 Å². The lowest BCUT2D eigenvalue weighted by molar-refractivity contribution is -0.117. The van der Waals surface area contributed by atoms with Crippen LogP contribution in [0.25, 0.3) is 6.08 Å². The Morgan fingerprint density at radius 1 is 1.03 bits per heavy atom. The molecule has 0 aliphatic carbocycles. The summed E-state index contributed by atoms with van der Waals surface area (Å²) < 4.78 is 5.13. The number of hydrogen-bond acceptors (Lipinski definition) is 4. The third-order valence-corrected chi connectivity index (χ3v) is 5.54. The van der Waals surface area contributed by atoms with Crippen molar-refractivity contribution in [3.63, 3.8) is 0 Å². The smallest absolute Gasteiger partial charge is 0.267 e. The summed E-state index contributed by atoms with van der Waals surface area (Å²) in [4.78, 5) is 26.3. The van der Waals surface area contributed by atoms with Crippen LogP contribution < -0.4 is 15.4 Å². The standard InChI is InChI=1S/C25H26N2O3S/c1-18-7-9-19(10-8-18)5-3-15-26-25(29)23(17-22-6-4-16-31-22)27-24(28)20-11-13-21(30-2)14-12-20/h4,6-14,16-17H,3,5,15H2,1-2H3,(H,26,29)(H,27,28)/b23-17-. The van der Waals surface area contributed by atoms with Crippen molar-refractivity contribution in [3.8, 4) is 5.75 Å². The molecule has 0 radical (unpaired) electrons. The molecule has 0 saturated carbocycles. The minimum Gasteiger partial charge on any atom is -0.497 e. The molecule has 2 aromatic carbocycles. The fourth-order valence-electron chi connectivity index (χ4n) is 2.96. The maximum absolute atomic E-state index is 12.8. The monoisotopic (exact) mass is 434 g/mol. The van der Waals surface area contributed by atoms with Gasteiger partial charge in [-0.15, -0.1) is 11.3 Å². The molecule has 0 unspecified atom stereocenters. The Kier molecular flexibility index (Phi) is 8.01. The Labute approximate surface area is 186 Å². The SMILES string of the molecule is COc1ccc(C(=O)N/C(=C\c2cccs2)C(=O)NCCCc2ccc(C)cc2)cc1. The number of nitrogens with one attached hydrogen (secondary N) is 2. The van der Waals surface area contributed by atoms with E-state index in [1.807, 2.05) is 17.5 Å². The topological polar surface area (TPSA) is 67.4 Å². The van der Waals surface area contributed by atoms with Gasteiger partial charge < -0.3 is 15.4 Å². The summed E-state index contributed by atoms with van der Waals surface area (Å²) in [5, 5.41) is 7.59. The zero-order valence-electron chi connectivity index (χ0n) is 17.7. The van der Waals surface area contributed by atoms with E-state index in [9.17, 15) is 9.59 Å². The molecular formula is C25H26N2O3S. The van der Waals surface area contributed by atoms with Gasteiger partial charge in [-0.2, -0.15) is 0 Å². The number of hydrogen-bond donors (Lipinski definition) is 2. The van der Waals surface area contributed by atoms with E-state index in [1.54, 1.807) is 37.5 Å². The number of rotatable bonds is 9. The minimum atomic E-state index is -0.347. The number of benzene rings is 2. The van der Waals surface area contributed by atoms with Gasteiger partial charge in [0.15, 0.2) is 0 Å². The number of carbonyl (C=O) groups excluding carboxylic acids is 2. The minimum absolute atomic E-state index is 0.221. The molecule has 0 aliphatic rings. The normalized spacial score (nSPS) is 11.1. The predicted octanol–water partition coefficient (Wildman–Crippen LogP) is 4.59. The van der Waals surface area contributed by atoms with E-state index in [4.69, 9.17) is 4.74 Å². The van der Waals surface area contributed by atoms with Crippen LogP contribution in [0.15, 0.2) is 71.7 Å². The van der Waals surface area contributed by atoms with Gasteiger partial charge in [-0.1, -0.05) is 35.9 Å². The molecule has 2 amide bonds. The molecule has 0 saturated heterocycles. The largest absolute Gasteiger partial charge is 0.497 e. The predicted molar refractivity (Wildman–Crippen MR) is 125 cm³/mol. The number of methoxy groups -OCH3 is 1. The average molecular weight is 435 g/mol. The third-order valence-electron chi connectivity index (χ3n) is 4.72. The third kappa shape index (κ3) is 6.83. The summed E-state index contributed by atoms with van der Waals surface area (Å²) in [6.45, 7) is 2.58. The highest BCUT2D eigenvalue weighted by atomic mass is 32.1. The molecule has 1 heterocycles. The van der Waals surface area contributed by atoms with Gasteiger partial charge in [0.2, 0.25) is 0 Å². The van der Waals surface area contributed by atoms with Crippen LogP contribution in [-0.4, -0.2) is 25.5 Å². The van der Waals surface area contributed by atoms with Gasteiger partial charge in [-0.3, -0.25) is 9.59 Å². The van der Waals surface area contributed by atoms with Gasteiger partial charge >= 0.3 is 0 Å². The molecule has 0 spiro atoms. The van der Waals surface area contributed by atoms with Crippen LogP contribution in [0.5, 0.6) is 5.75 Å². The lowest BCUT2D eigenvalue weighted by Crippen LogP contribution is -2.35. The molecule has 160 valence electrons. The van der Waals surface area contributed by atoms with Crippen molar-refractivity contribution < 1.29 is 14.3 Å². The van der Waals surface area contributed by atoms with Gasteiger partial charge in [-0.05, 0) is 67.1 Å². The van der Waals surface area contributed by atoms with E-state index in [0.29, 0.717) is 17.9 Å². The Bertz CT molecular complexity index is 1020. The van der Waals surface area contributed by atoms with Crippen molar-refractivity contribution in [2.75, 3.05) is 13.7 Å². The zero-order valence-corrected chi connectivity index (χ0v) is 18.5. The number of ether oxygens (including phenoxy) is 1. The molecule has 3 aromatic rings. The number of carbonyl (C=O) groups is 2. The van der Waals surface area contributed by atoms with Crippen LogP contribution >= 0.6 is 11.3 Å². The lowest BCUT2D eigenvalue weighted by Gasteiger charge is -2.11. The first kappa shape index (κ1) is 22.3. The van der Waals surface area contributed by atoms with Gasteiger partial charge in [-0.25, -0.2) is 0 Å². The maximum atomic E-state index is 12.8. The van der Waals surface area contributed by atoms with E-state index >= 15 is 0 Å². The molecule has 0 fully saturated rings. The van der Waals surface area contributed by atoms with Crippen LogP contribution in [0.4, 0.5) is 0 Å². The lowest BCUT2D eigenvalue weighted by atomic mass is 10.1. The second-order valence-electron chi connectivity index (χ2n) is 7.10. The summed E-state index contributed by atoms with van der Waals surface area (Å²) in [7, 11) is 1.57. The van der Waals surface area contributed by atoms with Crippen LogP contribution in [0.2, 0.25) is 0 Å². The first-order chi connectivity index (χ1) is 15.0. The highest BCUT2D eigenvalue weighted by Crippen LogP contribution is 2.15. The van der Waals surface area contributed by atoms with Crippen molar-refractivity contribution in [3.05, 3.63) is 93.3 Å². The van der Waals surface area contributed by atoms with Crippen molar-refractivity contribution in [2.45, 2.75) is 19.8 Å². The Morgan fingerprint density at radius 2 is 1.77 bits per heavy atom. The fourth-order valence-corrected chi connectivity index (χ4v) is 3.61. The summed E-state index contributed by atoms with van der Waals surface area (Å²) in [5.74, 6) is 0.0108. The van der Waals surface area contributed by atoms with E-state index in [0.717, 1.165) is 17.7 Å². The quantitative estimate of drug-likeness (QED) is 0.382. The molecule has 6 heteroatoms. The van der Waals surface area contributed by atoms with Crippen LogP contribution in [0, 0.1) is 6.92 Å². The molecule has 3 rings (SSSR count). The first-order valence-corrected chi connectivity index (χ1v) is 11.0. The van der Waals surface area contributed by atoms with Crippen LogP contribution in [0.1, 0.15) is 32.8 Å². The summed E-state index contributed by atoms with van der Waals surface area (Å²) in [6.07, 6.45) is 3.39. The Morgan fingerprint density at radius 3 is 2.42 bits per heavy atom. The molecule has 0 bridgehead atoms. The highest BCUT2D eigenvalue weighted by molar-refractivity contribution is 7.10. The highest BCUT2D eigenvalue weighted by Gasteiger charge is 2.15. The van der Waals surface area contributed by atoms with Crippen molar-refractivity contribution >= 4 is 29.2 Å². The molecule has 1 aromatic heterocycles. The summed E-state index contributed by atoms with van der Waals surface area (Å²) in [5.41, 5.74) is 3.14. The van der Waals surface area contributed by atoms with Gasteiger partial charge in [0, 0.05) is 17.0 Å². The second kappa shape index (κ2) is 11.1. The summed E-state index contributed by atoms with van der Waals surface area (Å²) >= 11 is 1.50. The molecule has 31 heavy (non-hydrogen) atoms. The van der Waals surface area contributed by atoms with E-state index in [-0.39, 0.29) is 17.5 Å². The Hall–Kier alpha value is -3.38. The second-order valence-corrected chi connectivity index (χ2v) is 8.08. The molecular weight excluding hydrogens is 408 g/mol. The molecule has 0 aliphatic heterocycles. The van der Waals surface area contributed by atoms with E-state index < -0.39 is 0 Å². The van der Waals surface area contributed by atoms with Crippen LogP contribution in [-0.2, 0) is 11.2 Å². The van der Waals surface area contributed by atoms with Gasteiger partial charge in [0.05, 0.1) is 7.11 Å². The maximum Gasteiger partial charge on any atom is 0.267 e. The number of thiophene rings is 1. The van der Waals surface area contributed by atoms with Crippen molar-refractivity contribution in [1.29, 1.82) is 0 Å². The Balaban J connectivity index is 1.61. The van der Waals surface area contributed by atoms with E-state index in [2.05, 4.69) is 41.8 Å². The van der Waals surface area contributed by atoms with Crippen molar-refractivity contribution in [1.82, 2.24) is 10.6 Å².